The van der Waals surface area contributed by atoms with Crippen LogP contribution in [0.3, 0.4) is 0 Å². The van der Waals surface area contributed by atoms with Gasteiger partial charge in [0.25, 0.3) is 5.91 Å². The maximum absolute atomic E-state index is 12.3. The Labute approximate surface area is 145 Å². The third-order valence-corrected chi connectivity index (χ3v) is 5.69. The average molecular weight is 348 g/mol. The molecule has 2 atom stereocenters. The lowest BCUT2D eigenvalue weighted by molar-refractivity contribution is -0.136. The van der Waals surface area contributed by atoms with Gasteiger partial charge in [-0.2, -0.15) is 0 Å². The Morgan fingerprint density at radius 3 is 2.50 bits per heavy atom. The fourth-order valence-electron chi connectivity index (χ4n) is 3.18. The van der Waals surface area contributed by atoms with E-state index in [9.17, 15) is 15.0 Å². The van der Waals surface area contributed by atoms with E-state index in [0.717, 1.165) is 35.9 Å². The first-order valence-electron chi connectivity index (χ1n) is 8.67. The topological polar surface area (TPSA) is 82.5 Å². The second kappa shape index (κ2) is 8.05. The first-order valence-corrected chi connectivity index (χ1v) is 9.49. The molecule has 130 valence electrons. The second-order valence-corrected chi connectivity index (χ2v) is 7.52. The zero-order valence-corrected chi connectivity index (χ0v) is 14.5. The summed E-state index contributed by atoms with van der Waals surface area (Å²) >= 11 is 1.30. The highest BCUT2D eigenvalue weighted by atomic mass is 32.1. The molecule has 5 nitrogen and oxygen atoms in total. The Bertz CT molecular complexity index is 647. The SMILES string of the molecule is O=C(NC1CCCCCCC1)C(O)C(O)c1nc2ccccc2s1. The highest BCUT2D eigenvalue weighted by Crippen LogP contribution is 2.28. The van der Waals surface area contributed by atoms with E-state index in [1.165, 1.54) is 30.6 Å². The Kier molecular flexibility index (Phi) is 5.81. The summed E-state index contributed by atoms with van der Waals surface area (Å²) in [6.07, 6.45) is 4.95. The molecule has 0 saturated heterocycles. The summed E-state index contributed by atoms with van der Waals surface area (Å²) in [5, 5.41) is 23.8. The molecule has 1 aromatic heterocycles. The summed E-state index contributed by atoms with van der Waals surface area (Å²) < 4.78 is 0.930. The number of aliphatic hydroxyl groups is 2. The number of benzene rings is 1. The van der Waals surface area contributed by atoms with E-state index >= 15 is 0 Å². The maximum Gasteiger partial charge on any atom is 0.252 e. The molecule has 1 aromatic carbocycles. The molecule has 2 aromatic rings. The van der Waals surface area contributed by atoms with Gasteiger partial charge in [0.15, 0.2) is 6.10 Å². The van der Waals surface area contributed by atoms with Gasteiger partial charge in [0, 0.05) is 6.04 Å². The molecule has 0 bridgehead atoms. The Balaban J connectivity index is 1.63. The van der Waals surface area contributed by atoms with E-state index in [0.29, 0.717) is 5.01 Å². The molecule has 1 saturated carbocycles. The van der Waals surface area contributed by atoms with Gasteiger partial charge in [0.2, 0.25) is 0 Å². The monoisotopic (exact) mass is 348 g/mol. The first-order chi connectivity index (χ1) is 11.6. The standard InChI is InChI=1S/C18H24N2O3S/c21-15(17(23)19-12-8-4-2-1-3-5-9-12)16(22)18-20-13-10-6-7-11-14(13)24-18/h6-7,10-12,15-16,21-22H,1-5,8-9H2,(H,19,23). The highest BCUT2D eigenvalue weighted by molar-refractivity contribution is 7.18. The highest BCUT2D eigenvalue weighted by Gasteiger charge is 2.29. The molecule has 2 unspecified atom stereocenters. The molecule has 0 aliphatic heterocycles. The number of nitrogens with zero attached hydrogens (tertiary/aromatic N) is 1. The number of nitrogens with one attached hydrogen (secondary N) is 1. The van der Waals surface area contributed by atoms with Crippen LogP contribution in [0.2, 0.25) is 0 Å². The molecular formula is C18H24N2O3S. The van der Waals surface area contributed by atoms with Crippen molar-refractivity contribution in [1.29, 1.82) is 0 Å². The minimum absolute atomic E-state index is 0.0926. The molecule has 3 rings (SSSR count). The molecule has 6 heteroatoms. The summed E-state index contributed by atoms with van der Waals surface area (Å²) in [6, 6.07) is 7.62. The van der Waals surface area contributed by atoms with Gasteiger partial charge in [0.1, 0.15) is 11.1 Å². The number of aliphatic hydroxyl groups excluding tert-OH is 2. The van der Waals surface area contributed by atoms with E-state index < -0.39 is 18.1 Å². The molecule has 1 amide bonds. The summed E-state index contributed by atoms with van der Waals surface area (Å²) in [4.78, 5) is 16.6. The number of rotatable bonds is 4. The molecule has 1 aliphatic carbocycles. The van der Waals surface area contributed by atoms with E-state index in [1.54, 1.807) is 0 Å². The predicted octanol–water partition coefficient (Wildman–Crippen LogP) is 2.92. The van der Waals surface area contributed by atoms with Crippen LogP contribution in [0.4, 0.5) is 0 Å². The van der Waals surface area contributed by atoms with Crippen molar-refractivity contribution < 1.29 is 15.0 Å². The fourth-order valence-corrected chi connectivity index (χ4v) is 4.17. The van der Waals surface area contributed by atoms with Gasteiger partial charge in [-0.05, 0) is 25.0 Å². The van der Waals surface area contributed by atoms with Crippen LogP contribution < -0.4 is 5.32 Å². The quantitative estimate of drug-likeness (QED) is 0.793. The van der Waals surface area contributed by atoms with Gasteiger partial charge in [0.05, 0.1) is 10.2 Å². The third kappa shape index (κ3) is 4.12. The van der Waals surface area contributed by atoms with Gasteiger partial charge in [-0.1, -0.05) is 44.2 Å². The van der Waals surface area contributed by atoms with E-state index in [4.69, 9.17) is 0 Å². The summed E-state index contributed by atoms with van der Waals surface area (Å²) in [7, 11) is 0. The van der Waals surface area contributed by atoms with Crippen LogP contribution in [0.25, 0.3) is 10.2 Å². The fraction of sp³-hybridized carbons (Fsp3) is 0.556. The van der Waals surface area contributed by atoms with Gasteiger partial charge < -0.3 is 15.5 Å². The number of aromatic nitrogens is 1. The molecular weight excluding hydrogens is 324 g/mol. The molecule has 1 aliphatic rings. The van der Waals surface area contributed by atoms with Gasteiger partial charge >= 0.3 is 0 Å². The van der Waals surface area contributed by atoms with Crippen LogP contribution in [0, 0.1) is 0 Å². The van der Waals surface area contributed by atoms with Crippen LogP contribution in [0.1, 0.15) is 56.1 Å². The lowest BCUT2D eigenvalue weighted by Gasteiger charge is -2.23. The van der Waals surface area contributed by atoms with E-state index in [1.807, 2.05) is 24.3 Å². The number of hydrogen-bond acceptors (Lipinski definition) is 5. The molecule has 0 spiro atoms. The van der Waals surface area contributed by atoms with Crippen LogP contribution in [0.5, 0.6) is 0 Å². The Morgan fingerprint density at radius 2 is 1.79 bits per heavy atom. The number of thiazole rings is 1. The van der Waals surface area contributed by atoms with Crippen molar-refractivity contribution in [3.63, 3.8) is 0 Å². The second-order valence-electron chi connectivity index (χ2n) is 6.46. The number of fused-ring (bicyclic) bond motifs is 1. The smallest absolute Gasteiger partial charge is 0.252 e. The minimum atomic E-state index is -1.49. The summed E-state index contributed by atoms with van der Waals surface area (Å²) in [6.45, 7) is 0. The Hall–Kier alpha value is -1.50. The largest absolute Gasteiger partial charge is 0.383 e. The normalized spacial score (nSPS) is 19.4. The van der Waals surface area contributed by atoms with Crippen molar-refractivity contribution in [3.8, 4) is 0 Å². The number of carbonyl (C=O) groups is 1. The van der Waals surface area contributed by atoms with Crippen LogP contribution in [-0.4, -0.2) is 33.3 Å². The van der Waals surface area contributed by atoms with Crippen LogP contribution in [-0.2, 0) is 4.79 Å². The van der Waals surface area contributed by atoms with E-state index in [2.05, 4.69) is 10.3 Å². The summed E-state index contributed by atoms with van der Waals surface area (Å²) in [5.74, 6) is -0.507. The van der Waals surface area contributed by atoms with Crippen molar-refractivity contribution >= 4 is 27.5 Å². The molecule has 1 fully saturated rings. The van der Waals surface area contributed by atoms with Crippen molar-refractivity contribution in [2.45, 2.75) is 63.2 Å². The van der Waals surface area contributed by atoms with E-state index in [-0.39, 0.29) is 6.04 Å². The van der Waals surface area contributed by atoms with Crippen molar-refractivity contribution in [1.82, 2.24) is 10.3 Å². The molecule has 1 heterocycles. The van der Waals surface area contributed by atoms with Crippen molar-refractivity contribution in [2.24, 2.45) is 0 Å². The van der Waals surface area contributed by atoms with Crippen LogP contribution >= 0.6 is 11.3 Å². The van der Waals surface area contributed by atoms with Gasteiger partial charge in [-0.3, -0.25) is 4.79 Å². The molecule has 3 N–H and O–H groups in total. The molecule has 0 radical (unpaired) electrons. The minimum Gasteiger partial charge on any atom is -0.383 e. The van der Waals surface area contributed by atoms with Crippen molar-refractivity contribution in [3.05, 3.63) is 29.3 Å². The van der Waals surface area contributed by atoms with Crippen LogP contribution in [0.15, 0.2) is 24.3 Å². The number of carbonyl (C=O) groups excluding carboxylic acids is 1. The van der Waals surface area contributed by atoms with Gasteiger partial charge in [-0.15, -0.1) is 11.3 Å². The van der Waals surface area contributed by atoms with Crippen molar-refractivity contribution in [2.75, 3.05) is 0 Å². The zero-order valence-electron chi connectivity index (χ0n) is 13.6. The third-order valence-electron chi connectivity index (χ3n) is 4.58. The molecule has 24 heavy (non-hydrogen) atoms. The average Bonchev–Trinajstić information content (AvgIpc) is 2.99. The maximum atomic E-state index is 12.3. The Morgan fingerprint density at radius 1 is 1.12 bits per heavy atom. The summed E-state index contributed by atoms with van der Waals surface area (Å²) in [5.41, 5.74) is 0.768. The zero-order chi connectivity index (χ0) is 16.9. The number of hydrogen-bond donors (Lipinski definition) is 3. The predicted molar refractivity (Wildman–Crippen MR) is 94.8 cm³/mol. The lowest BCUT2D eigenvalue weighted by atomic mass is 9.96. The number of amides is 1. The van der Waals surface area contributed by atoms with Gasteiger partial charge in [-0.25, -0.2) is 4.98 Å². The lowest BCUT2D eigenvalue weighted by Crippen LogP contribution is -2.44. The number of para-hydroxylation sites is 1. The first kappa shape index (κ1) is 17.3.